The third kappa shape index (κ3) is 10.9. The maximum atomic E-state index is 12.8. The molecule has 3 amide bonds. The highest BCUT2D eigenvalue weighted by atomic mass is 32.2. The highest BCUT2D eigenvalue weighted by molar-refractivity contribution is 7.79. The monoisotopic (exact) mass is 666 g/mol. The number of rotatable bonds is 14. The van der Waals surface area contributed by atoms with E-state index in [2.05, 4.69) is 10.6 Å². The van der Waals surface area contributed by atoms with Crippen LogP contribution in [0.1, 0.15) is 79.2 Å². The van der Waals surface area contributed by atoms with Crippen LogP contribution in [-0.2, 0) is 44.8 Å². The van der Waals surface area contributed by atoms with Gasteiger partial charge in [-0.25, -0.2) is 13.8 Å². The lowest BCUT2D eigenvalue weighted by Gasteiger charge is -2.25. The largest absolute Gasteiger partial charge is 0.479 e. The Morgan fingerprint density at radius 2 is 1.70 bits per heavy atom. The van der Waals surface area contributed by atoms with Gasteiger partial charge in [0.25, 0.3) is 0 Å². The first-order valence-corrected chi connectivity index (χ1v) is 16.2. The van der Waals surface area contributed by atoms with Gasteiger partial charge in [-0.3, -0.25) is 9.59 Å². The van der Waals surface area contributed by atoms with Crippen LogP contribution < -0.4 is 16.4 Å². The maximum Gasteiger partial charge on any atom is 0.410 e. The van der Waals surface area contributed by atoms with Crippen LogP contribution in [-0.4, -0.2) is 55.3 Å². The second kappa shape index (κ2) is 16.2. The number of nitrogens with one attached hydrogen (secondary N) is 2. The number of hydrogen-bond acceptors (Lipinski definition) is 7. The number of carbonyl (C=O) groups is 4. The SMILES string of the molecule is CCc1cc(C(Nc2cccc(C(N)=O)c2)C(=O)O)ccc1CCCC(=O)Nc1ccc(S(=O)O)c(CN(C)C(=O)OC(C)(C)C)c1. The van der Waals surface area contributed by atoms with E-state index in [1.165, 1.54) is 30.1 Å². The van der Waals surface area contributed by atoms with E-state index < -0.39 is 40.7 Å². The minimum Gasteiger partial charge on any atom is -0.479 e. The van der Waals surface area contributed by atoms with Crippen molar-refractivity contribution in [2.75, 3.05) is 17.7 Å². The molecule has 0 spiro atoms. The Bertz CT molecular complexity index is 1650. The van der Waals surface area contributed by atoms with Crippen molar-refractivity contribution in [1.29, 1.82) is 0 Å². The Kier molecular flexibility index (Phi) is 12.6. The first-order chi connectivity index (χ1) is 22.1. The molecule has 2 atom stereocenters. The van der Waals surface area contributed by atoms with Gasteiger partial charge in [0.15, 0.2) is 17.1 Å². The van der Waals surface area contributed by atoms with Gasteiger partial charge in [-0.2, -0.15) is 0 Å². The van der Waals surface area contributed by atoms with Gasteiger partial charge in [0.05, 0.1) is 11.4 Å². The average Bonchev–Trinajstić information content (AvgIpc) is 2.99. The summed E-state index contributed by atoms with van der Waals surface area (Å²) in [5, 5.41) is 15.7. The number of primary amides is 1. The molecule has 6 N–H and O–H groups in total. The normalized spacial score (nSPS) is 12.5. The average molecular weight is 667 g/mol. The number of amides is 3. The molecule has 3 rings (SSSR count). The van der Waals surface area contributed by atoms with Gasteiger partial charge in [-0.1, -0.05) is 31.2 Å². The van der Waals surface area contributed by atoms with Crippen molar-refractivity contribution in [3.63, 3.8) is 0 Å². The number of anilines is 2. The lowest BCUT2D eigenvalue weighted by Crippen LogP contribution is -2.34. The van der Waals surface area contributed by atoms with Crippen LogP contribution in [0.5, 0.6) is 0 Å². The lowest BCUT2D eigenvalue weighted by atomic mass is 9.95. The molecule has 3 aromatic rings. The van der Waals surface area contributed by atoms with Crippen molar-refractivity contribution in [2.24, 2.45) is 5.73 Å². The number of benzene rings is 3. The Labute approximate surface area is 277 Å². The molecule has 2 unspecified atom stereocenters. The topological polar surface area (TPSA) is 188 Å². The van der Waals surface area contributed by atoms with Crippen molar-refractivity contribution in [1.82, 2.24) is 4.90 Å². The second-order valence-corrected chi connectivity index (χ2v) is 13.0. The molecule has 0 aliphatic carbocycles. The minimum atomic E-state index is -2.31. The Morgan fingerprint density at radius 1 is 0.979 bits per heavy atom. The molecule has 0 fully saturated rings. The molecule has 3 aromatic carbocycles. The molecule has 13 heteroatoms. The van der Waals surface area contributed by atoms with E-state index in [1.807, 2.05) is 19.1 Å². The molecular formula is C34H42N4O8S. The zero-order chi connectivity index (χ0) is 34.9. The Hall–Kier alpha value is -4.75. The van der Waals surface area contributed by atoms with E-state index in [-0.39, 0.29) is 29.3 Å². The molecular weight excluding hydrogens is 624 g/mol. The number of aryl methyl sites for hydroxylation is 2. The third-order valence-corrected chi connectivity index (χ3v) is 7.92. The number of carboxylic acid groups (broad SMARTS) is 1. The van der Waals surface area contributed by atoms with Crippen molar-refractivity contribution in [3.05, 3.63) is 88.5 Å². The highest BCUT2D eigenvalue weighted by Gasteiger charge is 2.23. The number of aliphatic carboxylic acids is 1. The Balaban J connectivity index is 1.65. The van der Waals surface area contributed by atoms with Gasteiger partial charge in [-0.05, 0) is 98.7 Å². The summed E-state index contributed by atoms with van der Waals surface area (Å²) in [5.74, 6) is -1.95. The van der Waals surface area contributed by atoms with E-state index in [0.717, 1.165) is 11.1 Å². The quantitative estimate of drug-likeness (QED) is 0.139. The predicted octanol–water partition coefficient (Wildman–Crippen LogP) is 5.49. The number of ether oxygens (including phenoxy) is 1. The summed E-state index contributed by atoms with van der Waals surface area (Å²) in [6, 6.07) is 15.2. The minimum absolute atomic E-state index is 0.00589. The molecule has 47 heavy (non-hydrogen) atoms. The van der Waals surface area contributed by atoms with Crippen molar-refractivity contribution < 1.29 is 37.8 Å². The molecule has 252 valence electrons. The van der Waals surface area contributed by atoms with Gasteiger partial charge in [-0.15, -0.1) is 0 Å². The zero-order valence-corrected chi connectivity index (χ0v) is 28.0. The summed E-state index contributed by atoms with van der Waals surface area (Å²) < 4.78 is 27.0. The first-order valence-electron chi connectivity index (χ1n) is 15.1. The fourth-order valence-electron chi connectivity index (χ4n) is 4.89. The zero-order valence-electron chi connectivity index (χ0n) is 27.2. The number of carbonyl (C=O) groups excluding carboxylic acids is 3. The third-order valence-electron chi connectivity index (χ3n) is 7.14. The van der Waals surface area contributed by atoms with Crippen molar-refractivity contribution >= 4 is 46.3 Å². The molecule has 0 saturated heterocycles. The van der Waals surface area contributed by atoms with Gasteiger partial charge < -0.3 is 35.7 Å². The van der Waals surface area contributed by atoms with E-state index in [1.54, 1.807) is 51.1 Å². The molecule has 0 radical (unpaired) electrons. The van der Waals surface area contributed by atoms with E-state index >= 15 is 0 Å². The van der Waals surface area contributed by atoms with Crippen LogP contribution >= 0.6 is 0 Å². The van der Waals surface area contributed by atoms with Crippen molar-refractivity contribution in [3.8, 4) is 0 Å². The van der Waals surface area contributed by atoms with Gasteiger partial charge in [0.2, 0.25) is 11.8 Å². The van der Waals surface area contributed by atoms with E-state index in [4.69, 9.17) is 10.5 Å². The second-order valence-electron chi connectivity index (χ2n) is 12.1. The van der Waals surface area contributed by atoms with Gasteiger partial charge in [0.1, 0.15) is 5.60 Å². The molecule has 0 saturated carbocycles. The summed E-state index contributed by atoms with van der Waals surface area (Å²) in [6.07, 6.45) is 1.35. The number of hydrogen-bond donors (Lipinski definition) is 5. The van der Waals surface area contributed by atoms with E-state index in [0.29, 0.717) is 41.8 Å². The van der Waals surface area contributed by atoms with Gasteiger partial charge in [0, 0.05) is 30.4 Å². The van der Waals surface area contributed by atoms with Gasteiger partial charge >= 0.3 is 12.1 Å². The maximum absolute atomic E-state index is 12.8. The summed E-state index contributed by atoms with van der Waals surface area (Å²) in [5.41, 5.74) is 8.65. The lowest BCUT2D eigenvalue weighted by molar-refractivity contribution is -0.138. The van der Waals surface area contributed by atoms with Crippen LogP contribution in [0.4, 0.5) is 16.2 Å². The highest BCUT2D eigenvalue weighted by Crippen LogP contribution is 2.26. The molecule has 0 aliphatic rings. The van der Waals surface area contributed by atoms with Crippen molar-refractivity contribution in [2.45, 2.75) is 76.5 Å². The van der Waals surface area contributed by atoms with Crippen LogP contribution in [0, 0.1) is 0 Å². The fourth-order valence-corrected chi connectivity index (χ4v) is 5.42. The molecule has 0 aliphatic heterocycles. The number of nitrogens with zero attached hydrogens (tertiary/aromatic N) is 1. The summed E-state index contributed by atoms with van der Waals surface area (Å²) in [7, 11) is 1.52. The smallest absolute Gasteiger partial charge is 0.410 e. The first kappa shape index (κ1) is 36.7. The van der Waals surface area contributed by atoms with Crippen LogP contribution in [0.15, 0.2) is 65.6 Å². The molecule has 12 nitrogen and oxygen atoms in total. The summed E-state index contributed by atoms with van der Waals surface area (Å²) in [6.45, 7) is 7.18. The van der Waals surface area contributed by atoms with Crippen LogP contribution in [0.2, 0.25) is 0 Å². The fraction of sp³-hybridized carbons (Fsp3) is 0.353. The Morgan fingerprint density at radius 3 is 2.32 bits per heavy atom. The summed E-state index contributed by atoms with van der Waals surface area (Å²) >= 11 is -2.31. The summed E-state index contributed by atoms with van der Waals surface area (Å²) in [4.78, 5) is 50.4. The predicted molar refractivity (Wildman–Crippen MR) is 180 cm³/mol. The van der Waals surface area contributed by atoms with Crippen LogP contribution in [0.3, 0.4) is 0 Å². The molecule has 0 heterocycles. The molecule has 0 bridgehead atoms. The van der Waals surface area contributed by atoms with Crippen LogP contribution in [0.25, 0.3) is 0 Å². The molecule has 0 aromatic heterocycles. The van der Waals surface area contributed by atoms with E-state index in [9.17, 15) is 33.0 Å². The standard InChI is InChI=1S/C34H42N4O8S/c1-6-21-17-23(30(32(41)42)37-26-11-7-10-24(18-26)31(35)40)14-13-22(21)9-8-12-29(39)36-27-15-16-28(47(44)45)25(19-27)20-38(5)33(43)46-34(2,3)4/h7,10-11,13-19,30,37H,6,8-9,12,20H2,1-5H3,(H2,35,40)(H,36,39)(H,41,42)(H,44,45). The number of carboxylic acids is 1. The number of nitrogens with two attached hydrogens (primary N) is 1.